The van der Waals surface area contributed by atoms with Crippen molar-refractivity contribution in [2.75, 3.05) is 17.4 Å². The van der Waals surface area contributed by atoms with Crippen molar-refractivity contribution >= 4 is 35.1 Å². The SMILES string of the molecule is COC(=O)c1cc(NC(=O)c2cccc(N3NC(=O)C4CC=CCC4C3=O)c2)cc(C)c1C. The van der Waals surface area contributed by atoms with Gasteiger partial charge in [-0.15, -0.1) is 0 Å². The summed E-state index contributed by atoms with van der Waals surface area (Å²) in [5, 5.41) is 4.02. The van der Waals surface area contributed by atoms with Gasteiger partial charge in [0.05, 0.1) is 30.2 Å². The number of hydrogen-bond acceptors (Lipinski definition) is 5. The largest absolute Gasteiger partial charge is 0.465 e. The van der Waals surface area contributed by atoms with Gasteiger partial charge in [-0.3, -0.25) is 19.8 Å². The third-order valence-corrected chi connectivity index (χ3v) is 6.23. The number of carbonyl (C=O) groups is 4. The van der Waals surface area contributed by atoms with E-state index in [0.717, 1.165) is 11.1 Å². The van der Waals surface area contributed by atoms with Crippen LogP contribution in [0.4, 0.5) is 11.4 Å². The number of aryl methyl sites for hydroxylation is 1. The molecule has 0 aromatic heterocycles. The highest BCUT2D eigenvalue weighted by Crippen LogP contribution is 2.32. The molecule has 2 N–H and O–H groups in total. The summed E-state index contributed by atoms with van der Waals surface area (Å²) >= 11 is 0. The molecule has 8 nitrogen and oxygen atoms in total. The molecule has 2 aromatic carbocycles. The number of amides is 3. The van der Waals surface area contributed by atoms with Crippen LogP contribution in [0.1, 0.15) is 44.7 Å². The van der Waals surface area contributed by atoms with E-state index < -0.39 is 17.8 Å². The Bertz CT molecular complexity index is 1190. The van der Waals surface area contributed by atoms with Gasteiger partial charge in [-0.05, 0) is 68.1 Å². The fraction of sp³-hybridized carbons (Fsp3) is 0.280. The molecular weight excluding hydrogens is 422 g/mol. The number of hydrogen-bond donors (Lipinski definition) is 2. The van der Waals surface area contributed by atoms with Crippen LogP contribution in [0.2, 0.25) is 0 Å². The number of anilines is 2. The van der Waals surface area contributed by atoms with Crippen LogP contribution in [0.25, 0.3) is 0 Å². The molecule has 170 valence electrons. The lowest BCUT2D eigenvalue weighted by Gasteiger charge is -2.38. The standard InChI is InChI=1S/C25H25N3O5/c1-14-11-17(13-21(15(14)2)25(32)33-3)26-22(29)16-7-6-8-18(12-16)28-24(31)20-10-5-4-9-19(20)23(30)27-28/h4-8,11-13,19-20H,9-10H2,1-3H3,(H,26,29)(H,27,30). The zero-order valence-electron chi connectivity index (χ0n) is 18.7. The predicted molar refractivity (Wildman–Crippen MR) is 123 cm³/mol. The molecule has 1 heterocycles. The second-order valence-electron chi connectivity index (χ2n) is 8.27. The van der Waals surface area contributed by atoms with E-state index in [0.29, 0.717) is 35.3 Å². The minimum atomic E-state index is -0.482. The van der Waals surface area contributed by atoms with Crippen LogP contribution < -0.4 is 15.8 Å². The number of fused-ring (bicyclic) bond motifs is 1. The van der Waals surface area contributed by atoms with E-state index in [1.807, 2.05) is 26.0 Å². The van der Waals surface area contributed by atoms with E-state index in [-0.39, 0.29) is 17.7 Å². The third-order valence-electron chi connectivity index (χ3n) is 6.23. The van der Waals surface area contributed by atoms with Gasteiger partial charge in [-0.25, -0.2) is 9.80 Å². The number of hydrazine groups is 1. The van der Waals surface area contributed by atoms with Gasteiger partial charge < -0.3 is 10.1 Å². The van der Waals surface area contributed by atoms with Crippen molar-refractivity contribution in [2.45, 2.75) is 26.7 Å². The van der Waals surface area contributed by atoms with Crippen LogP contribution in [0.5, 0.6) is 0 Å². The molecule has 3 amide bonds. The van der Waals surface area contributed by atoms with E-state index >= 15 is 0 Å². The molecule has 2 atom stereocenters. The fourth-order valence-corrected chi connectivity index (χ4v) is 4.23. The molecule has 0 radical (unpaired) electrons. The van der Waals surface area contributed by atoms with Crippen LogP contribution >= 0.6 is 0 Å². The fourth-order valence-electron chi connectivity index (χ4n) is 4.23. The zero-order valence-corrected chi connectivity index (χ0v) is 18.7. The Morgan fingerprint density at radius 3 is 2.52 bits per heavy atom. The number of rotatable bonds is 4. The van der Waals surface area contributed by atoms with Crippen LogP contribution in [-0.4, -0.2) is 30.8 Å². The smallest absolute Gasteiger partial charge is 0.338 e. The van der Waals surface area contributed by atoms with Crippen molar-refractivity contribution in [3.05, 3.63) is 70.8 Å². The van der Waals surface area contributed by atoms with Gasteiger partial charge in [0.1, 0.15) is 0 Å². The monoisotopic (exact) mass is 447 g/mol. The highest BCUT2D eigenvalue weighted by Gasteiger charge is 2.42. The lowest BCUT2D eigenvalue weighted by atomic mass is 9.80. The molecule has 1 saturated heterocycles. The third kappa shape index (κ3) is 4.24. The van der Waals surface area contributed by atoms with E-state index in [1.165, 1.54) is 12.1 Å². The zero-order chi connectivity index (χ0) is 23.7. The van der Waals surface area contributed by atoms with Gasteiger partial charge in [0, 0.05) is 11.3 Å². The van der Waals surface area contributed by atoms with Gasteiger partial charge >= 0.3 is 5.97 Å². The maximum atomic E-state index is 13.0. The van der Waals surface area contributed by atoms with Crippen LogP contribution in [0.3, 0.4) is 0 Å². The summed E-state index contributed by atoms with van der Waals surface area (Å²) in [5.74, 6) is -2.07. The Morgan fingerprint density at radius 2 is 1.79 bits per heavy atom. The molecule has 4 rings (SSSR count). The molecule has 1 fully saturated rings. The molecule has 33 heavy (non-hydrogen) atoms. The minimum Gasteiger partial charge on any atom is -0.465 e. The second kappa shape index (κ2) is 8.90. The molecule has 0 bridgehead atoms. The average molecular weight is 447 g/mol. The van der Waals surface area contributed by atoms with Crippen LogP contribution in [-0.2, 0) is 14.3 Å². The lowest BCUT2D eigenvalue weighted by molar-refractivity contribution is -0.139. The van der Waals surface area contributed by atoms with Gasteiger partial charge in [-0.2, -0.15) is 0 Å². The van der Waals surface area contributed by atoms with Crippen molar-refractivity contribution in [1.29, 1.82) is 0 Å². The van der Waals surface area contributed by atoms with Gasteiger partial charge in [0.15, 0.2) is 0 Å². The van der Waals surface area contributed by atoms with Crippen molar-refractivity contribution in [3.8, 4) is 0 Å². The molecule has 0 spiro atoms. The normalized spacial score (nSPS) is 19.5. The Morgan fingerprint density at radius 1 is 1.06 bits per heavy atom. The van der Waals surface area contributed by atoms with Crippen molar-refractivity contribution in [2.24, 2.45) is 11.8 Å². The summed E-state index contributed by atoms with van der Waals surface area (Å²) in [6.07, 6.45) is 4.91. The summed E-state index contributed by atoms with van der Waals surface area (Å²) in [4.78, 5) is 50.5. The van der Waals surface area contributed by atoms with E-state index in [1.54, 1.807) is 36.4 Å². The topological polar surface area (TPSA) is 105 Å². The van der Waals surface area contributed by atoms with E-state index in [9.17, 15) is 19.2 Å². The maximum absolute atomic E-state index is 13.0. The van der Waals surface area contributed by atoms with Gasteiger partial charge in [-0.1, -0.05) is 18.2 Å². The Balaban J connectivity index is 1.57. The van der Waals surface area contributed by atoms with Crippen molar-refractivity contribution < 1.29 is 23.9 Å². The first-order valence-electron chi connectivity index (χ1n) is 10.7. The molecule has 1 aliphatic carbocycles. The summed E-state index contributed by atoms with van der Waals surface area (Å²) in [6, 6.07) is 9.82. The molecule has 8 heteroatoms. The first kappa shape index (κ1) is 22.3. The molecule has 2 aliphatic rings. The Labute approximate surface area is 191 Å². The van der Waals surface area contributed by atoms with Crippen molar-refractivity contribution in [3.63, 3.8) is 0 Å². The number of methoxy groups -OCH3 is 1. The quantitative estimate of drug-likeness (QED) is 0.553. The first-order valence-corrected chi connectivity index (χ1v) is 10.7. The average Bonchev–Trinajstić information content (AvgIpc) is 2.83. The highest BCUT2D eigenvalue weighted by atomic mass is 16.5. The molecule has 0 saturated carbocycles. The molecular formula is C25H25N3O5. The summed E-state index contributed by atoms with van der Waals surface area (Å²) in [7, 11) is 1.31. The number of esters is 1. The second-order valence-corrected chi connectivity index (χ2v) is 8.27. The van der Waals surface area contributed by atoms with Gasteiger partial charge in [0.25, 0.3) is 5.91 Å². The molecule has 1 aliphatic heterocycles. The van der Waals surface area contributed by atoms with Crippen LogP contribution in [0.15, 0.2) is 48.6 Å². The minimum absolute atomic E-state index is 0.196. The number of allylic oxidation sites excluding steroid dienone is 2. The van der Waals surface area contributed by atoms with E-state index in [4.69, 9.17) is 4.74 Å². The highest BCUT2D eigenvalue weighted by molar-refractivity contribution is 6.08. The lowest BCUT2D eigenvalue weighted by Crippen LogP contribution is -2.59. The summed E-state index contributed by atoms with van der Waals surface area (Å²) in [5.41, 5.74) is 5.81. The summed E-state index contributed by atoms with van der Waals surface area (Å²) < 4.78 is 4.83. The Hall–Kier alpha value is -3.94. The summed E-state index contributed by atoms with van der Waals surface area (Å²) in [6.45, 7) is 3.66. The maximum Gasteiger partial charge on any atom is 0.338 e. The number of carbonyl (C=O) groups excluding carboxylic acids is 4. The Kier molecular flexibility index (Phi) is 6.00. The molecule has 2 aromatic rings. The first-order chi connectivity index (χ1) is 15.8. The van der Waals surface area contributed by atoms with E-state index in [2.05, 4.69) is 10.7 Å². The van der Waals surface area contributed by atoms with Gasteiger partial charge in [0.2, 0.25) is 11.8 Å². The number of nitrogens with one attached hydrogen (secondary N) is 2. The molecule has 2 unspecified atom stereocenters. The number of benzene rings is 2. The van der Waals surface area contributed by atoms with Crippen molar-refractivity contribution in [1.82, 2.24) is 5.43 Å². The number of ether oxygens (including phenoxy) is 1. The van der Waals surface area contributed by atoms with Crippen LogP contribution in [0, 0.1) is 25.7 Å². The predicted octanol–water partition coefficient (Wildman–Crippen LogP) is 3.30. The number of nitrogens with zero attached hydrogens (tertiary/aromatic N) is 1.